The summed E-state index contributed by atoms with van der Waals surface area (Å²) >= 11 is 0. The first-order valence-corrected chi connectivity index (χ1v) is 6.18. The van der Waals surface area contributed by atoms with Crippen molar-refractivity contribution in [3.63, 3.8) is 0 Å². The third-order valence-corrected chi connectivity index (χ3v) is 3.35. The number of nitrogens with one attached hydrogen (secondary N) is 1. The third-order valence-electron chi connectivity index (χ3n) is 3.35. The van der Waals surface area contributed by atoms with Gasteiger partial charge in [0.2, 0.25) is 0 Å². The van der Waals surface area contributed by atoms with E-state index >= 15 is 0 Å². The Morgan fingerprint density at radius 1 is 1.53 bits per heavy atom. The van der Waals surface area contributed by atoms with E-state index in [0.717, 1.165) is 31.9 Å². The maximum Gasteiger partial charge on any atom is 0.289 e. The zero-order valence-electron chi connectivity index (χ0n) is 10.4. The molecule has 2 atom stereocenters. The maximum absolute atomic E-state index is 10.6. The minimum absolute atomic E-state index is 0.0253. The van der Waals surface area contributed by atoms with Crippen molar-refractivity contribution in [2.24, 2.45) is 5.73 Å². The zero-order valence-corrected chi connectivity index (χ0v) is 10.4. The minimum Gasteiger partial charge on any atom is -0.365 e. The number of pyridine rings is 1. The van der Waals surface area contributed by atoms with Crippen molar-refractivity contribution in [2.45, 2.75) is 37.8 Å². The van der Waals surface area contributed by atoms with E-state index in [1.165, 1.54) is 6.07 Å². The van der Waals surface area contributed by atoms with Crippen LogP contribution in [0.1, 0.15) is 31.2 Å². The zero-order chi connectivity index (χ0) is 13.8. The number of rotatable bonds is 3. The monoisotopic (exact) mass is 261 g/mol. The van der Waals surface area contributed by atoms with Gasteiger partial charge < -0.3 is 11.1 Å². The second kappa shape index (κ2) is 5.63. The molecular weight excluding hydrogens is 246 g/mol. The standard InChI is InChI=1S/C12H15N5O2/c13-6-8-5-9(17(18)19)7-15-12(8)16-11-4-2-1-3-10(11)14/h5,7,10-11H,1-4,14H2,(H,15,16). The Hall–Kier alpha value is -2.20. The molecule has 1 aromatic rings. The summed E-state index contributed by atoms with van der Waals surface area (Å²) in [5.74, 6) is 0.371. The van der Waals surface area contributed by atoms with Crippen LogP contribution < -0.4 is 11.1 Å². The largest absolute Gasteiger partial charge is 0.365 e. The minimum atomic E-state index is -0.566. The van der Waals surface area contributed by atoms with Crippen LogP contribution in [0.3, 0.4) is 0 Å². The number of hydrogen-bond donors (Lipinski definition) is 2. The Bertz CT molecular complexity index is 525. The molecule has 0 bridgehead atoms. The Morgan fingerprint density at radius 3 is 2.89 bits per heavy atom. The smallest absolute Gasteiger partial charge is 0.289 e. The van der Waals surface area contributed by atoms with Crippen LogP contribution in [-0.2, 0) is 0 Å². The number of nitrogens with two attached hydrogens (primary N) is 1. The lowest BCUT2D eigenvalue weighted by atomic mass is 9.91. The van der Waals surface area contributed by atoms with Crippen LogP contribution >= 0.6 is 0 Å². The van der Waals surface area contributed by atoms with E-state index < -0.39 is 4.92 Å². The van der Waals surface area contributed by atoms with Gasteiger partial charge in [-0.1, -0.05) is 12.8 Å². The van der Waals surface area contributed by atoms with Crippen LogP contribution in [0.5, 0.6) is 0 Å². The molecule has 7 nitrogen and oxygen atoms in total. The van der Waals surface area contributed by atoms with E-state index in [4.69, 9.17) is 11.0 Å². The Morgan fingerprint density at radius 2 is 2.26 bits per heavy atom. The Kier molecular flexibility index (Phi) is 3.92. The molecule has 0 spiro atoms. The molecule has 2 rings (SSSR count). The molecule has 7 heteroatoms. The van der Waals surface area contributed by atoms with E-state index in [9.17, 15) is 10.1 Å². The summed E-state index contributed by atoms with van der Waals surface area (Å²) in [5, 5.41) is 22.8. The SMILES string of the molecule is N#Cc1cc([N+](=O)[O-])cnc1NC1CCCCC1N. The molecule has 0 aliphatic heterocycles. The van der Waals surface area contributed by atoms with Crippen molar-refractivity contribution in [1.29, 1.82) is 5.26 Å². The van der Waals surface area contributed by atoms with Crippen LogP contribution in [0.4, 0.5) is 11.5 Å². The van der Waals surface area contributed by atoms with Crippen molar-refractivity contribution >= 4 is 11.5 Å². The van der Waals surface area contributed by atoms with E-state index in [0.29, 0.717) is 5.82 Å². The number of nitrogens with zero attached hydrogens (tertiary/aromatic N) is 3. The first-order chi connectivity index (χ1) is 9.11. The van der Waals surface area contributed by atoms with Gasteiger partial charge >= 0.3 is 0 Å². The summed E-state index contributed by atoms with van der Waals surface area (Å²) in [5.41, 5.74) is 6.00. The van der Waals surface area contributed by atoms with Gasteiger partial charge in [-0.15, -0.1) is 0 Å². The summed E-state index contributed by atoms with van der Waals surface area (Å²) in [7, 11) is 0. The molecule has 100 valence electrons. The molecule has 0 aromatic carbocycles. The lowest BCUT2D eigenvalue weighted by Gasteiger charge is -2.29. The Balaban J connectivity index is 2.20. The van der Waals surface area contributed by atoms with Gasteiger partial charge in [-0.25, -0.2) is 4.98 Å². The molecule has 19 heavy (non-hydrogen) atoms. The van der Waals surface area contributed by atoms with Gasteiger partial charge in [0.05, 0.1) is 4.92 Å². The van der Waals surface area contributed by atoms with Crippen molar-refractivity contribution < 1.29 is 4.92 Å². The maximum atomic E-state index is 10.6. The van der Waals surface area contributed by atoms with Gasteiger partial charge in [-0.3, -0.25) is 10.1 Å². The second-order valence-corrected chi connectivity index (χ2v) is 4.66. The van der Waals surface area contributed by atoms with Crippen molar-refractivity contribution in [1.82, 2.24) is 4.98 Å². The molecule has 1 aliphatic carbocycles. The summed E-state index contributed by atoms with van der Waals surface area (Å²) in [6, 6.07) is 3.24. The number of nitriles is 1. The Labute approximate surface area is 110 Å². The van der Waals surface area contributed by atoms with Crippen LogP contribution in [0.15, 0.2) is 12.3 Å². The predicted molar refractivity (Wildman–Crippen MR) is 69.5 cm³/mol. The molecule has 1 heterocycles. The average Bonchev–Trinajstić information content (AvgIpc) is 2.41. The number of anilines is 1. The van der Waals surface area contributed by atoms with Gasteiger partial charge in [0.15, 0.2) is 0 Å². The molecule has 1 aromatic heterocycles. The molecule has 1 saturated carbocycles. The first kappa shape index (κ1) is 13.2. The van der Waals surface area contributed by atoms with E-state index in [-0.39, 0.29) is 23.3 Å². The van der Waals surface area contributed by atoms with Gasteiger partial charge in [0.1, 0.15) is 23.6 Å². The highest BCUT2D eigenvalue weighted by molar-refractivity contribution is 5.56. The molecule has 2 unspecified atom stereocenters. The fourth-order valence-corrected chi connectivity index (χ4v) is 2.27. The molecule has 1 fully saturated rings. The van der Waals surface area contributed by atoms with Gasteiger partial charge in [0.25, 0.3) is 5.69 Å². The lowest BCUT2D eigenvalue weighted by molar-refractivity contribution is -0.385. The van der Waals surface area contributed by atoms with Crippen LogP contribution in [0.25, 0.3) is 0 Å². The van der Waals surface area contributed by atoms with Crippen LogP contribution in [-0.4, -0.2) is 22.0 Å². The molecule has 0 radical (unpaired) electrons. The summed E-state index contributed by atoms with van der Waals surface area (Å²) in [4.78, 5) is 14.0. The highest BCUT2D eigenvalue weighted by Crippen LogP contribution is 2.23. The summed E-state index contributed by atoms with van der Waals surface area (Å²) < 4.78 is 0. The van der Waals surface area contributed by atoms with Crippen molar-refractivity contribution in [3.05, 3.63) is 27.9 Å². The summed E-state index contributed by atoms with van der Waals surface area (Å²) in [6.07, 6.45) is 5.20. The van der Waals surface area contributed by atoms with Crippen LogP contribution in [0, 0.1) is 21.4 Å². The normalized spacial score (nSPS) is 22.5. The van der Waals surface area contributed by atoms with E-state index in [1.807, 2.05) is 6.07 Å². The average molecular weight is 261 g/mol. The highest BCUT2D eigenvalue weighted by atomic mass is 16.6. The molecular formula is C12H15N5O2. The summed E-state index contributed by atoms with van der Waals surface area (Å²) in [6.45, 7) is 0. The van der Waals surface area contributed by atoms with Crippen molar-refractivity contribution in [3.8, 4) is 6.07 Å². The predicted octanol–water partition coefficient (Wildman–Crippen LogP) is 1.54. The number of aromatic nitrogens is 1. The van der Waals surface area contributed by atoms with E-state index in [2.05, 4.69) is 10.3 Å². The van der Waals surface area contributed by atoms with Crippen molar-refractivity contribution in [2.75, 3.05) is 5.32 Å². The third kappa shape index (κ3) is 2.98. The quantitative estimate of drug-likeness (QED) is 0.629. The fraction of sp³-hybridized carbons (Fsp3) is 0.500. The molecule has 3 N–H and O–H groups in total. The topological polar surface area (TPSA) is 118 Å². The molecule has 1 aliphatic rings. The second-order valence-electron chi connectivity index (χ2n) is 4.66. The van der Waals surface area contributed by atoms with Crippen LogP contribution in [0.2, 0.25) is 0 Å². The molecule has 0 saturated heterocycles. The highest BCUT2D eigenvalue weighted by Gasteiger charge is 2.23. The number of nitro groups is 1. The fourth-order valence-electron chi connectivity index (χ4n) is 2.27. The lowest BCUT2D eigenvalue weighted by Crippen LogP contribution is -2.42. The first-order valence-electron chi connectivity index (χ1n) is 6.18. The van der Waals surface area contributed by atoms with Gasteiger partial charge in [-0.05, 0) is 12.8 Å². The number of hydrogen-bond acceptors (Lipinski definition) is 6. The van der Waals surface area contributed by atoms with Gasteiger partial charge in [0, 0.05) is 18.2 Å². The van der Waals surface area contributed by atoms with E-state index in [1.54, 1.807) is 0 Å². The molecule has 0 amide bonds. The van der Waals surface area contributed by atoms with Gasteiger partial charge in [-0.2, -0.15) is 5.26 Å².